The lowest BCUT2D eigenvalue weighted by molar-refractivity contribution is -0.134. The van der Waals surface area contributed by atoms with Crippen LogP contribution in [0.2, 0.25) is 0 Å². The molecule has 10 heteroatoms. The van der Waals surface area contributed by atoms with Crippen LogP contribution >= 0.6 is 12.4 Å². The molecule has 1 aromatic carbocycles. The monoisotopic (exact) mass is 411 g/mol. The minimum Gasteiger partial charge on any atom is -0.339 e. The first kappa shape index (κ1) is 22.8. The largest absolute Gasteiger partial charge is 0.339 e. The van der Waals surface area contributed by atoms with E-state index in [0.29, 0.717) is 12.5 Å². The Morgan fingerprint density at radius 3 is 2.27 bits per heavy atom. The molecule has 1 atom stereocenters. The molecule has 0 unspecified atom stereocenters. The number of carbonyl (C=O) groups excluding carboxylic acids is 1. The molecule has 1 saturated heterocycles. The molecular formula is C16H24ClF2N3O3S. The van der Waals surface area contributed by atoms with Gasteiger partial charge in [0.05, 0.1) is 6.04 Å². The number of sulfonamides is 1. The Hall–Kier alpha value is -1.29. The number of hydrogen-bond donors (Lipinski definition) is 1. The van der Waals surface area contributed by atoms with Crippen LogP contribution in [0.1, 0.15) is 20.3 Å². The van der Waals surface area contributed by atoms with Gasteiger partial charge in [0.25, 0.3) is 0 Å². The van der Waals surface area contributed by atoms with Crippen LogP contribution in [0, 0.1) is 17.6 Å². The second kappa shape index (κ2) is 9.07. The molecule has 6 nitrogen and oxygen atoms in total. The average molecular weight is 412 g/mol. The molecule has 0 aliphatic carbocycles. The van der Waals surface area contributed by atoms with Crippen LogP contribution in [0.3, 0.4) is 0 Å². The summed E-state index contributed by atoms with van der Waals surface area (Å²) < 4.78 is 52.9. The molecule has 0 aromatic heterocycles. The van der Waals surface area contributed by atoms with Crippen molar-refractivity contribution in [1.82, 2.24) is 9.21 Å². The molecule has 1 aliphatic rings. The van der Waals surface area contributed by atoms with E-state index in [-0.39, 0.29) is 50.4 Å². The van der Waals surface area contributed by atoms with Gasteiger partial charge in [-0.05, 0) is 24.5 Å². The highest BCUT2D eigenvalue weighted by atomic mass is 35.5. The van der Waals surface area contributed by atoms with Crippen molar-refractivity contribution in [3.63, 3.8) is 0 Å². The van der Waals surface area contributed by atoms with Gasteiger partial charge in [-0.1, -0.05) is 13.8 Å². The number of amides is 1. The lowest BCUT2D eigenvalue weighted by Gasteiger charge is -2.35. The van der Waals surface area contributed by atoms with E-state index in [1.165, 1.54) is 4.90 Å². The SMILES string of the molecule is CC(C)C[C@H](N)C(=O)N1CCN(S(=O)(=O)c2ccc(F)cc2F)CC1.Cl. The van der Waals surface area contributed by atoms with E-state index in [0.717, 1.165) is 16.4 Å². The van der Waals surface area contributed by atoms with Crippen molar-refractivity contribution >= 4 is 28.3 Å². The first-order valence-corrected chi connectivity index (χ1v) is 9.56. The van der Waals surface area contributed by atoms with Crippen molar-refractivity contribution in [2.24, 2.45) is 11.7 Å². The summed E-state index contributed by atoms with van der Waals surface area (Å²) >= 11 is 0. The summed E-state index contributed by atoms with van der Waals surface area (Å²) in [5.74, 6) is -1.90. The summed E-state index contributed by atoms with van der Waals surface area (Å²) in [6.07, 6.45) is 0.554. The molecule has 2 rings (SSSR count). The van der Waals surface area contributed by atoms with Crippen molar-refractivity contribution in [2.45, 2.75) is 31.2 Å². The molecule has 1 heterocycles. The predicted molar refractivity (Wildman–Crippen MR) is 96.4 cm³/mol. The maximum absolute atomic E-state index is 13.8. The molecular weight excluding hydrogens is 388 g/mol. The van der Waals surface area contributed by atoms with E-state index in [9.17, 15) is 22.0 Å². The number of benzene rings is 1. The Balaban J connectivity index is 0.00000338. The van der Waals surface area contributed by atoms with E-state index in [1.807, 2.05) is 13.8 Å². The molecule has 0 saturated carbocycles. The highest BCUT2D eigenvalue weighted by Crippen LogP contribution is 2.21. The quantitative estimate of drug-likeness (QED) is 0.797. The smallest absolute Gasteiger partial charge is 0.246 e. The second-order valence-corrected chi connectivity index (χ2v) is 8.45. The summed E-state index contributed by atoms with van der Waals surface area (Å²) in [4.78, 5) is 13.2. The number of hydrogen-bond acceptors (Lipinski definition) is 4. The molecule has 2 N–H and O–H groups in total. The predicted octanol–water partition coefficient (Wildman–Crippen LogP) is 1.59. The third-order valence-corrected chi connectivity index (χ3v) is 6.04. The molecule has 26 heavy (non-hydrogen) atoms. The van der Waals surface area contributed by atoms with Gasteiger partial charge in [-0.25, -0.2) is 17.2 Å². The van der Waals surface area contributed by atoms with Gasteiger partial charge >= 0.3 is 0 Å². The number of carbonyl (C=O) groups is 1. The molecule has 1 fully saturated rings. The van der Waals surface area contributed by atoms with Crippen molar-refractivity contribution < 1.29 is 22.0 Å². The first-order valence-electron chi connectivity index (χ1n) is 8.12. The fourth-order valence-electron chi connectivity index (χ4n) is 2.82. The number of nitrogens with zero attached hydrogens (tertiary/aromatic N) is 2. The van der Waals surface area contributed by atoms with Crippen molar-refractivity contribution in [1.29, 1.82) is 0 Å². The minimum atomic E-state index is -4.08. The van der Waals surface area contributed by atoms with Gasteiger partial charge < -0.3 is 10.6 Å². The Kier molecular flexibility index (Phi) is 7.94. The number of halogens is 3. The Morgan fingerprint density at radius 1 is 1.19 bits per heavy atom. The van der Waals surface area contributed by atoms with Crippen LogP contribution < -0.4 is 5.73 Å². The van der Waals surface area contributed by atoms with E-state index in [1.54, 1.807) is 0 Å². The Morgan fingerprint density at radius 2 is 1.77 bits per heavy atom. The van der Waals surface area contributed by atoms with Crippen LogP contribution in [0.5, 0.6) is 0 Å². The zero-order valence-electron chi connectivity index (χ0n) is 14.7. The highest BCUT2D eigenvalue weighted by Gasteiger charge is 2.33. The normalized spacial score (nSPS) is 17.1. The lowest BCUT2D eigenvalue weighted by Crippen LogP contribution is -2.54. The molecule has 1 amide bonds. The summed E-state index contributed by atoms with van der Waals surface area (Å²) in [5.41, 5.74) is 5.89. The van der Waals surface area contributed by atoms with Gasteiger partial charge in [0.2, 0.25) is 15.9 Å². The van der Waals surface area contributed by atoms with Gasteiger partial charge in [0, 0.05) is 32.2 Å². The molecule has 0 radical (unpaired) electrons. The topological polar surface area (TPSA) is 83.7 Å². The second-order valence-electron chi connectivity index (χ2n) is 6.54. The van der Waals surface area contributed by atoms with Gasteiger partial charge in [-0.3, -0.25) is 4.79 Å². The van der Waals surface area contributed by atoms with E-state index in [4.69, 9.17) is 5.73 Å². The van der Waals surface area contributed by atoms with Gasteiger partial charge in [0.15, 0.2) is 0 Å². The Labute approximate surface area is 158 Å². The van der Waals surface area contributed by atoms with E-state index in [2.05, 4.69) is 0 Å². The summed E-state index contributed by atoms with van der Waals surface area (Å²) in [7, 11) is -4.08. The third kappa shape index (κ3) is 5.12. The van der Waals surface area contributed by atoms with Crippen LogP contribution in [-0.2, 0) is 14.8 Å². The Bertz CT molecular complexity index is 738. The fraction of sp³-hybridized carbons (Fsp3) is 0.562. The zero-order valence-corrected chi connectivity index (χ0v) is 16.3. The van der Waals surface area contributed by atoms with Crippen LogP contribution in [0.4, 0.5) is 8.78 Å². The molecule has 148 valence electrons. The zero-order chi connectivity index (χ0) is 18.8. The minimum absolute atomic E-state index is 0. The van der Waals surface area contributed by atoms with Crippen LogP contribution in [-0.4, -0.2) is 55.8 Å². The van der Waals surface area contributed by atoms with Gasteiger partial charge in [-0.15, -0.1) is 12.4 Å². The van der Waals surface area contributed by atoms with Crippen molar-refractivity contribution in [3.8, 4) is 0 Å². The van der Waals surface area contributed by atoms with Crippen LogP contribution in [0.25, 0.3) is 0 Å². The highest BCUT2D eigenvalue weighted by molar-refractivity contribution is 7.89. The van der Waals surface area contributed by atoms with E-state index < -0.39 is 32.6 Å². The lowest BCUT2D eigenvalue weighted by atomic mass is 10.0. The third-order valence-electron chi connectivity index (χ3n) is 4.10. The summed E-state index contributed by atoms with van der Waals surface area (Å²) in [5, 5.41) is 0. The standard InChI is InChI=1S/C16H23F2N3O3S.ClH/c1-11(2)9-14(19)16(22)20-5-7-21(8-6-20)25(23,24)15-4-3-12(17)10-13(15)18;/h3-4,10-11,14H,5-9,19H2,1-2H3;1H/t14-;/m0./s1. The molecule has 1 aliphatic heterocycles. The van der Waals surface area contributed by atoms with Crippen LogP contribution in [0.15, 0.2) is 23.1 Å². The average Bonchev–Trinajstić information content (AvgIpc) is 2.53. The van der Waals surface area contributed by atoms with Gasteiger partial charge in [0.1, 0.15) is 16.5 Å². The maximum Gasteiger partial charge on any atom is 0.246 e. The summed E-state index contributed by atoms with van der Waals surface area (Å²) in [6, 6.07) is 1.74. The molecule has 0 spiro atoms. The van der Waals surface area contributed by atoms with Gasteiger partial charge in [-0.2, -0.15) is 4.31 Å². The first-order chi connectivity index (χ1) is 11.6. The number of nitrogens with two attached hydrogens (primary N) is 1. The molecule has 0 bridgehead atoms. The number of piperazine rings is 1. The van der Waals surface area contributed by atoms with Crippen molar-refractivity contribution in [3.05, 3.63) is 29.8 Å². The summed E-state index contributed by atoms with van der Waals surface area (Å²) in [6.45, 7) is 4.39. The molecule has 1 aromatic rings. The van der Waals surface area contributed by atoms with Crippen molar-refractivity contribution in [2.75, 3.05) is 26.2 Å². The maximum atomic E-state index is 13.8. The fourth-order valence-corrected chi connectivity index (χ4v) is 4.28. The van der Waals surface area contributed by atoms with E-state index >= 15 is 0 Å². The number of rotatable bonds is 5.